The molecule has 2 heterocycles. The van der Waals surface area contributed by atoms with Gasteiger partial charge in [0.1, 0.15) is 12.4 Å². The molecule has 0 saturated carbocycles. The van der Waals surface area contributed by atoms with Crippen molar-refractivity contribution in [3.8, 4) is 0 Å². The molecule has 0 spiro atoms. The van der Waals surface area contributed by atoms with Gasteiger partial charge in [-0.15, -0.1) is 0 Å². The summed E-state index contributed by atoms with van der Waals surface area (Å²) in [5.74, 6) is 0.801. The normalized spacial score (nSPS) is 18.2. The molecule has 0 aliphatic carbocycles. The highest BCUT2D eigenvalue weighted by Gasteiger charge is 2.20. The molecule has 1 atom stereocenters. The van der Waals surface area contributed by atoms with Gasteiger partial charge in [-0.05, 0) is 25.5 Å². The number of nitrogens with zero attached hydrogens (tertiary/aromatic N) is 3. The largest absolute Gasteiger partial charge is 0.329 e. The Morgan fingerprint density at radius 3 is 2.71 bits per heavy atom. The van der Waals surface area contributed by atoms with Crippen molar-refractivity contribution in [3.63, 3.8) is 0 Å². The van der Waals surface area contributed by atoms with E-state index in [9.17, 15) is 0 Å². The van der Waals surface area contributed by atoms with E-state index in [2.05, 4.69) is 52.7 Å². The lowest BCUT2D eigenvalue weighted by Crippen LogP contribution is -2.19. The molecule has 1 N–H and O–H groups in total. The lowest BCUT2D eigenvalue weighted by atomic mass is 10.0. The fourth-order valence-electron chi connectivity index (χ4n) is 2.07. The molecule has 0 unspecified atom stereocenters. The second-order valence-electron chi connectivity index (χ2n) is 4.36. The molecule has 17 heavy (non-hydrogen) atoms. The lowest BCUT2D eigenvalue weighted by molar-refractivity contribution is 0.603. The number of anilines is 1. The number of aryl methyl sites for hydroxylation is 1. The van der Waals surface area contributed by atoms with Gasteiger partial charge in [0.25, 0.3) is 0 Å². The molecule has 0 radical (unpaired) electrons. The first-order valence-corrected chi connectivity index (χ1v) is 5.65. The standard InChI is InChI=1S/C13H14N4/c1-9-3-5-11(6-4-9)12-7-10(2)16-13-14-8-15-17(12)13/h3-8,12H,1-2H3,(H,14,15,16)/t12-/m0/s1. The molecule has 1 aromatic carbocycles. The van der Waals surface area contributed by atoms with Gasteiger partial charge in [0.05, 0.1) is 0 Å². The van der Waals surface area contributed by atoms with Gasteiger partial charge >= 0.3 is 0 Å². The first-order chi connectivity index (χ1) is 8.24. The number of fused-ring (bicyclic) bond motifs is 1. The zero-order valence-electron chi connectivity index (χ0n) is 9.88. The fourth-order valence-corrected chi connectivity index (χ4v) is 2.07. The second kappa shape index (κ2) is 3.73. The smallest absolute Gasteiger partial charge is 0.226 e. The number of rotatable bonds is 1. The van der Waals surface area contributed by atoms with Crippen LogP contribution in [0.2, 0.25) is 0 Å². The highest BCUT2D eigenvalue weighted by molar-refractivity contribution is 5.42. The van der Waals surface area contributed by atoms with Crippen molar-refractivity contribution in [2.75, 3.05) is 5.32 Å². The third-order valence-corrected chi connectivity index (χ3v) is 2.97. The Hall–Kier alpha value is -2.10. The molecule has 3 rings (SSSR count). The molecule has 4 heteroatoms. The number of hydrogen-bond donors (Lipinski definition) is 1. The highest BCUT2D eigenvalue weighted by atomic mass is 15.4. The Morgan fingerprint density at radius 2 is 1.94 bits per heavy atom. The van der Waals surface area contributed by atoms with Crippen molar-refractivity contribution in [2.24, 2.45) is 0 Å². The molecule has 1 aromatic heterocycles. The monoisotopic (exact) mass is 226 g/mol. The Labute approximate surface area is 100.0 Å². The molecule has 0 fully saturated rings. The van der Waals surface area contributed by atoms with Crippen molar-refractivity contribution < 1.29 is 0 Å². The van der Waals surface area contributed by atoms with E-state index in [1.54, 1.807) is 6.33 Å². The van der Waals surface area contributed by atoms with Crippen LogP contribution in [0.3, 0.4) is 0 Å². The van der Waals surface area contributed by atoms with E-state index >= 15 is 0 Å². The fraction of sp³-hybridized carbons (Fsp3) is 0.231. The zero-order valence-corrected chi connectivity index (χ0v) is 9.88. The maximum atomic E-state index is 4.27. The number of allylic oxidation sites excluding steroid dienone is 2. The Kier molecular flexibility index (Phi) is 2.21. The van der Waals surface area contributed by atoms with E-state index in [1.807, 2.05) is 11.6 Å². The van der Waals surface area contributed by atoms with Crippen LogP contribution in [0.25, 0.3) is 0 Å². The number of hydrogen-bond acceptors (Lipinski definition) is 3. The molecule has 4 nitrogen and oxygen atoms in total. The molecule has 0 saturated heterocycles. The summed E-state index contributed by atoms with van der Waals surface area (Å²) in [4.78, 5) is 4.20. The molecule has 2 aromatic rings. The third-order valence-electron chi connectivity index (χ3n) is 2.97. The van der Waals surface area contributed by atoms with E-state index in [-0.39, 0.29) is 6.04 Å². The van der Waals surface area contributed by atoms with Gasteiger partial charge in [0.15, 0.2) is 0 Å². The summed E-state index contributed by atoms with van der Waals surface area (Å²) < 4.78 is 1.90. The first-order valence-electron chi connectivity index (χ1n) is 5.65. The van der Waals surface area contributed by atoms with Gasteiger partial charge in [-0.1, -0.05) is 29.8 Å². The maximum Gasteiger partial charge on any atom is 0.226 e. The maximum absolute atomic E-state index is 4.27. The first kappa shape index (κ1) is 10.1. The lowest BCUT2D eigenvalue weighted by Gasteiger charge is -2.22. The molecule has 1 aliphatic heterocycles. The van der Waals surface area contributed by atoms with Crippen LogP contribution in [0.4, 0.5) is 5.95 Å². The van der Waals surface area contributed by atoms with E-state index < -0.39 is 0 Å². The topological polar surface area (TPSA) is 42.7 Å². The van der Waals surface area contributed by atoms with Gasteiger partial charge in [-0.2, -0.15) is 10.1 Å². The van der Waals surface area contributed by atoms with Gasteiger partial charge in [-0.25, -0.2) is 4.68 Å². The average molecular weight is 226 g/mol. The molecular formula is C13H14N4. The minimum absolute atomic E-state index is 0.134. The van der Waals surface area contributed by atoms with E-state index in [0.29, 0.717) is 0 Å². The SMILES string of the molecule is CC1=C[C@@H](c2ccc(C)cc2)n2ncnc2N1. The average Bonchev–Trinajstić information content (AvgIpc) is 2.77. The van der Waals surface area contributed by atoms with Crippen LogP contribution < -0.4 is 5.32 Å². The van der Waals surface area contributed by atoms with E-state index in [0.717, 1.165) is 11.6 Å². The molecule has 0 bridgehead atoms. The number of nitrogens with one attached hydrogen (secondary N) is 1. The summed E-state index contributed by atoms with van der Waals surface area (Å²) in [5.41, 5.74) is 3.60. The van der Waals surface area contributed by atoms with Crippen molar-refractivity contribution in [2.45, 2.75) is 19.9 Å². The van der Waals surface area contributed by atoms with Crippen LogP contribution in [0.1, 0.15) is 24.1 Å². The van der Waals surface area contributed by atoms with Gasteiger partial charge in [0.2, 0.25) is 5.95 Å². The quantitative estimate of drug-likeness (QED) is 0.812. The van der Waals surface area contributed by atoms with Crippen LogP contribution in [-0.2, 0) is 0 Å². The van der Waals surface area contributed by atoms with Crippen molar-refractivity contribution in [1.29, 1.82) is 0 Å². The minimum Gasteiger partial charge on any atom is -0.329 e. The van der Waals surface area contributed by atoms with Crippen LogP contribution in [-0.4, -0.2) is 14.8 Å². The molecule has 86 valence electrons. The second-order valence-corrected chi connectivity index (χ2v) is 4.36. The van der Waals surface area contributed by atoms with Crippen molar-refractivity contribution in [1.82, 2.24) is 14.8 Å². The van der Waals surface area contributed by atoms with Crippen LogP contribution >= 0.6 is 0 Å². The van der Waals surface area contributed by atoms with E-state index in [4.69, 9.17) is 0 Å². The third kappa shape index (κ3) is 1.71. The summed E-state index contributed by atoms with van der Waals surface area (Å²) in [5, 5.41) is 7.47. The van der Waals surface area contributed by atoms with Crippen LogP contribution in [0.15, 0.2) is 42.4 Å². The summed E-state index contributed by atoms with van der Waals surface area (Å²) in [6, 6.07) is 8.66. The highest BCUT2D eigenvalue weighted by Crippen LogP contribution is 2.27. The molecule has 1 aliphatic rings. The van der Waals surface area contributed by atoms with Gasteiger partial charge in [0, 0.05) is 5.70 Å². The minimum atomic E-state index is 0.134. The molecular weight excluding hydrogens is 212 g/mol. The Balaban J connectivity index is 2.07. The van der Waals surface area contributed by atoms with Crippen molar-refractivity contribution in [3.05, 3.63) is 53.5 Å². The van der Waals surface area contributed by atoms with Crippen LogP contribution in [0, 0.1) is 6.92 Å². The number of benzene rings is 1. The predicted molar refractivity (Wildman–Crippen MR) is 66.7 cm³/mol. The number of aromatic nitrogens is 3. The van der Waals surface area contributed by atoms with Crippen molar-refractivity contribution >= 4 is 5.95 Å². The summed E-state index contributed by atoms with van der Waals surface area (Å²) in [6.45, 7) is 4.13. The van der Waals surface area contributed by atoms with Gasteiger partial charge in [-0.3, -0.25) is 0 Å². The summed E-state index contributed by atoms with van der Waals surface area (Å²) >= 11 is 0. The zero-order chi connectivity index (χ0) is 11.8. The molecule has 0 amide bonds. The van der Waals surface area contributed by atoms with Gasteiger partial charge < -0.3 is 5.32 Å². The predicted octanol–water partition coefficient (Wildman–Crippen LogP) is 2.51. The Bertz CT molecular complexity index is 565. The summed E-state index contributed by atoms with van der Waals surface area (Å²) in [7, 11) is 0. The Morgan fingerprint density at radius 1 is 1.18 bits per heavy atom. The van der Waals surface area contributed by atoms with Crippen LogP contribution in [0.5, 0.6) is 0 Å². The van der Waals surface area contributed by atoms with E-state index in [1.165, 1.54) is 11.1 Å². The summed E-state index contributed by atoms with van der Waals surface area (Å²) in [6.07, 6.45) is 3.74.